The fraction of sp³-hybridized carbons (Fsp3) is 0.391. The molecule has 0 saturated carbocycles. The number of benzene rings is 2. The SMILES string of the molecule is CCN(CC)CCN(C(=O)c1ccccc1S(=O)(=O)CC)c1nc2c(OC)ccc(Cl)c2s1. The lowest BCUT2D eigenvalue weighted by molar-refractivity contribution is 0.0980. The van der Waals surface area contributed by atoms with Crippen molar-refractivity contribution >= 4 is 54.0 Å². The molecule has 1 heterocycles. The van der Waals surface area contributed by atoms with Crippen molar-refractivity contribution in [2.75, 3.05) is 43.9 Å². The van der Waals surface area contributed by atoms with Crippen LogP contribution in [0.15, 0.2) is 41.3 Å². The van der Waals surface area contributed by atoms with Gasteiger partial charge in [-0.2, -0.15) is 0 Å². The van der Waals surface area contributed by atoms with Crippen LogP contribution in [0.25, 0.3) is 10.2 Å². The summed E-state index contributed by atoms with van der Waals surface area (Å²) >= 11 is 7.69. The number of carbonyl (C=O) groups is 1. The van der Waals surface area contributed by atoms with Crippen LogP contribution >= 0.6 is 22.9 Å². The highest BCUT2D eigenvalue weighted by molar-refractivity contribution is 7.91. The number of aromatic nitrogens is 1. The number of amides is 1. The first-order chi connectivity index (χ1) is 15.8. The van der Waals surface area contributed by atoms with Crippen LogP contribution in [0.3, 0.4) is 0 Å². The van der Waals surface area contributed by atoms with Crippen molar-refractivity contribution in [1.29, 1.82) is 0 Å². The summed E-state index contributed by atoms with van der Waals surface area (Å²) in [4.78, 5) is 22.2. The molecule has 3 rings (SSSR count). The van der Waals surface area contributed by atoms with E-state index in [2.05, 4.69) is 23.7 Å². The molecule has 2 aromatic carbocycles. The first-order valence-electron chi connectivity index (χ1n) is 10.8. The van der Waals surface area contributed by atoms with E-state index in [1.165, 1.54) is 17.4 Å². The molecule has 0 radical (unpaired) electrons. The van der Waals surface area contributed by atoms with Crippen molar-refractivity contribution in [3.05, 3.63) is 47.0 Å². The van der Waals surface area contributed by atoms with E-state index in [-0.39, 0.29) is 16.2 Å². The zero-order chi connectivity index (χ0) is 24.2. The monoisotopic (exact) mass is 509 g/mol. The lowest BCUT2D eigenvalue weighted by Gasteiger charge is -2.25. The molecule has 0 aliphatic rings. The maximum atomic E-state index is 13.8. The molecule has 178 valence electrons. The van der Waals surface area contributed by atoms with Crippen LogP contribution < -0.4 is 9.64 Å². The fourth-order valence-corrected chi connectivity index (χ4v) is 5.87. The zero-order valence-corrected chi connectivity index (χ0v) is 21.6. The van der Waals surface area contributed by atoms with Gasteiger partial charge in [0.25, 0.3) is 5.91 Å². The molecular weight excluding hydrogens is 482 g/mol. The molecule has 0 unspecified atom stereocenters. The smallest absolute Gasteiger partial charge is 0.261 e. The lowest BCUT2D eigenvalue weighted by Crippen LogP contribution is -2.39. The van der Waals surface area contributed by atoms with E-state index in [0.717, 1.165) is 13.1 Å². The Bertz CT molecular complexity index is 1240. The van der Waals surface area contributed by atoms with Crippen molar-refractivity contribution < 1.29 is 17.9 Å². The first-order valence-corrected chi connectivity index (χ1v) is 13.6. The minimum atomic E-state index is -3.59. The molecule has 0 spiro atoms. The molecule has 33 heavy (non-hydrogen) atoms. The van der Waals surface area contributed by atoms with Gasteiger partial charge in [-0.05, 0) is 37.4 Å². The number of hydrogen-bond donors (Lipinski definition) is 0. The van der Waals surface area contributed by atoms with E-state index < -0.39 is 15.7 Å². The van der Waals surface area contributed by atoms with Crippen molar-refractivity contribution in [3.63, 3.8) is 0 Å². The first kappa shape index (κ1) is 25.4. The number of nitrogens with zero attached hydrogens (tertiary/aromatic N) is 3. The van der Waals surface area contributed by atoms with Crippen molar-refractivity contribution in [1.82, 2.24) is 9.88 Å². The highest BCUT2D eigenvalue weighted by Gasteiger charge is 2.28. The summed E-state index contributed by atoms with van der Waals surface area (Å²) in [5.74, 6) is 0.0518. The van der Waals surface area contributed by atoms with Gasteiger partial charge >= 0.3 is 0 Å². The number of hydrogen-bond acceptors (Lipinski definition) is 7. The van der Waals surface area contributed by atoms with Crippen molar-refractivity contribution in [2.45, 2.75) is 25.7 Å². The Morgan fingerprint density at radius 3 is 2.42 bits per heavy atom. The van der Waals surface area contributed by atoms with Gasteiger partial charge in [0.05, 0.1) is 33.0 Å². The summed E-state index contributed by atoms with van der Waals surface area (Å²) in [7, 11) is -2.04. The van der Waals surface area contributed by atoms with E-state index in [1.54, 1.807) is 49.3 Å². The maximum absolute atomic E-state index is 13.8. The fourth-order valence-electron chi connectivity index (χ4n) is 3.50. The topological polar surface area (TPSA) is 79.8 Å². The van der Waals surface area contributed by atoms with Crippen LogP contribution in [-0.4, -0.2) is 63.3 Å². The van der Waals surface area contributed by atoms with E-state index in [1.807, 2.05) is 0 Å². The predicted octanol–water partition coefficient (Wildman–Crippen LogP) is 4.74. The Kier molecular flexibility index (Phi) is 8.33. The Labute approximate surface area is 203 Å². The van der Waals surface area contributed by atoms with Crippen LogP contribution in [0, 0.1) is 0 Å². The van der Waals surface area contributed by atoms with Crippen LogP contribution in [0.2, 0.25) is 5.02 Å². The normalized spacial score (nSPS) is 11.8. The summed E-state index contributed by atoms with van der Waals surface area (Å²) in [6.07, 6.45) is 0. The molecule has 1 amide bonds. The number of sulfone groups is 1. The minimum absolute atomic E-state index is 0.0297. The molecule has 10 heteroatoms. The second-order valence-electron chi connectivity index (χ2n) is 7.31. The van der Waals surface area contributed by atoms with Crippen LogP contribution in [0.1, 0.15) is 31.1 Å². The average molecular weight is 510 g/mol. The number of carbonyl (C=O) groups excluding carboxylic acids is 1. The summed E-state index contributed by atoms with van der Waals surface area (Å²) in [5.41, 5.74) is 0.705. The van der Waals surface area contributed by atoms with Gasteiger partial charge in [-0.15, -0.1) is 0 Å². The quantitative estimate of drug-likeness (QED) is 0.392. The van der Waals surface area contributed by atoms with Gasteiger partial charge in [0.15, 0.2) is 15.0 Å². The van der Waals surface area contributed by atoms with Gasteiger partial charge in [-0.3, -0.25) is 9.69 Å². The lowest BCUT2D eigenvalue weighted by atomic mass is 10.2. The number of anilines is 1. The van der Waals surface area contributed by atoms with Gasteiger partial charge in [-0.1, -0.05) is 55.8 Å². The Balaban J connectivity index is 2.13. The van der Waals surface area contributed by atoms with Crippen LogP contribution in [0.5, 0.6) is 5.75 Å². The molecule has 0 fully saturated rings. The zero-order valence-electron chi connectivity index (χ0n) is 19.2. The molecule has 0 aliphatic carbocycles. The number of ether oxygens (including phenoxy) is 1. The van der Waals surface area contributed by atoms with Gasteiger partial charge < -0.3 is 9.64 Å². The third-order valence-corrected chi connectivity index (χ3v) is 8.83. The standard InChI is InChI=1S/C23H28ClN3O4S2/c1-5-26(6-2)14-15-27(22(28)16-10-8-9-11-19(16)33(29,30)7-3)23-25-20-18(31-4)13-12-17(24)21(20)32-23/h8-13H,5-7,14-15H2,1-4H3. The molecule has 0 saturated heterocycles. The Morgan fingerprint density at radius 2 is 1.79 bits per heavy atom. The molecule has 3 aromatic rings. The molecule has 1 aromatic heterocycles. The third-order valence-electron chi connectivity index (χ3n) is 5.51. The number of rotatable bonds is 10. The second kappa shape index (κ2) is 10.8. The van der Waals surface area contributed by atoms with E-state index >= 15 is 0 Å². The van der Waals surface area contributed by atoms with Gasteiger partial charge in [0, 0.05) is 13.1 Å². The number of halogens is 1. The highest BCUT2D eigenvalue weighted by Crippen LogP contribution is 2.39. The summed E-state index contributed by atoms with van der Waals surface area (Å²) < 4.78 is 31.5. The van der Waals surface area contributed by atoms with Crippen LogP contribution in [-0.2, 0) is 9.84 Å². The van der Waals surface area contributed by atoms with E-state index in [4.69, 9.17) is 16.3 Å². The highest BCUT2D eigenvalue weighted by atomic mass is 35.5. The Hall–Kier alpha value is -2.20. The van der Waals surface area contributed by atoms with Gasteiger partial charge in [-0.25, -0.2) is 13.4 Å². The molecule has 0 aliphatic heterocycles. The number of thiazole rings is 1. The summed E-state index contributed by atoms with van der Waals surface area (Å²) in [6, 6.07) is 9.79. The molecular formula is C23H28ClN3O4S2. The molecule has 7 nitrogen and oxygen atoms in total. The van der Waals surface area contributed by atoms with Crippen molar-refractivity contribution in [2.24, 2.45) is 0 Å². The summed E-state index contributed by atoms with van der Waals surface area (Å²) in [6.45, 7) is 8.30. The molecule has 0 N–H and O–H groups in total. The predicted molar refractivity (Wildman–Crippen MR) is 135 cm³/mol. The van der Waals surface area contributed by atoms with Crippen LogP contribution in [0.4, 0.5) is 5.13 Å². The van der Waals surface area contributed by atoms with E-state index in [0.29, 0.717) is 39.2 Å². The second-order valence-corrected chi connectivity index (χ2v) is 10.9. The summed E-state index contributed by atoms with van der Waals surface area (Å²) in [5, 5.41) is 0.955. The number of fused-ring (bicyclic) bond motifs is 1. The van der Waals surface area contributed by atoms with E-state index in [9.17, 15) is 13.2 Å². The number of likely N-dealkylation sites (N-methyl/N-ethyl adjacent to an activating group) is 1. The van der Waals surface area contributed by atoms with Gasteiger partial charge in [0.1, 0.15) is 11.3 Å². The number of methoxy groups -OCH3 is 1. The van der Waals surface area contributed by atoms with Crippen molar-refractivity contribution in [3.8, 4) is 5.75 Å². The average Bonchev–Trinajstić information content (AvgIpc) is 3.28. The molecule has 0 atom stereocenters. The molecule has 0 bridgehead atoms. The largest absolute Gasteiger partial charge is 0.494 e. The minimum Gasteiger partial charge on any atom is -0.494 e. The maximum Gasteiger partial charge on any atom is 0.261 e. The van der Waals surface area contributed by atoms with Gasteiger partial charge in [0.2, 0.25) is 0 Å². The Morgan fingerprint density at radius 1 is 1.09 bits per heavy atom. The third kappa shape index (κ3) is 5.32.